The maximum Gasteiger partial charge on any atom is 0.255 e. The van der Waals surface area contributed by atoms with Crippen LogP contribution in [0.15, 0.2) is 24.5 Å². The van der Waals surface area contributed by atoms with Gasteiger partial charge in [-0.25, -0.2) is 4.39 Å². The van der Waals surface area contributed by atoms with Crippen molar-refractivity contribution in [3.8, 4) is 0 Å². The number of carbonyl (C=O) groups is 1. The molecule has 1 aromatic carbocycles. The first-order valence-corrected chi connectivity index (χ1v) is 6.70. The molecule has 0 fully saturated rings. The number of carbonyl (C=O) groups excluding carboxylic acids is 1. The number of rotatable bonds is 4. The number of hydrogen-bond donors (Lipinski definition) is 1. The number of amides is 1. The molecule has 0 spiro atoms. The van der Waals surface area contributed by atoms with Gasteiger partial charge < -0.3 is 10.6 Å². The van der Waals surface area contributed by atoms with Crippen LogP contribution in [0.1, 0.15) is 24.2 Å². The minimum Gasteiger partial charge on any atom is -0.341 e. The lowest BCUT2D eigenvalue weighted by Gasteiger charge is -2.29. The van der Waals surface area contributed by atoms with E-state index in [1.807, 2.05) is 13.8 Å². The number of nitrogens with two attached hydrogens (primary N) is 1. The summed E-state index contributed by atoms with van der Waals surface area (Å²) in [4.78, 5) is 22.3. The molecule has 0 atom stereocenters. The number of hydrogen-bond acceptors (Lipinski definition) is 4. The first-order valence-electron chi connectivity index (χ1n) is 6.70. The summed E-state index contributed by atoms with van der Waals surface area (Å²) in [6.45, 7) is 4.87. The maximum atomic E-state index is 13.7. The molecule has 1 aromatic heterocycles. The fourth-order valence-corrected chi connectivity index (χ4v) is 2.19. The molecule has 0 bridgehead atoms. The van der Waals surface area contributed by atoms with Crippen molar-refractivity contribution < 1.29 is 9.18 Å². The molecule has 0 saturated heterocycles. The van der Waals surface area contributed by atoms with E-state index >= 15 is 0 Å². The van der Waals surface area contributed by atoms with Crippen LogP contribution in [0, 0.1) is 11.2 Å². The second kappa shape index (κ2) is 5.73. The third-order valence-corrected chi connectivity index (χ3v) is 3.33. The van der Waals surface area contributed by atoms with Crippen molar-refractivity contribution in [3.63, 3.8) is 0 Å². The third-order valence-electron chi connectivity index (χ3n) is 3.33. The smallest absolute Gasteiger partial charge is 0.255 e. The van der Waals surface area contributed by atoms with Gasteiger partial charge in [0.05, 0.1) is 11.1 Å². The van der Waals surface area contributed by atoms with E-state index in [0.29, 0.717) is 24.1 Å². The average Bonchev–Trinajstić information content (AvgIpc) is 2.45. The van der Waals surface area contributed by atoms with Gasteiger partial charge in [0.15, 0.2) is 0 Å². The molecule has 0 saturated carbocycles. The monoisotopic (exact) mass is 290 g/mol. The van der Waals surface area contributed by atoms with Crippen molar-refractivity contribution in [2.24, 2.45) is 11.1 Å². The highest BCUT2D eigenvalue weighted by Crippen LogP contribution is 2.20. The van der Waals surface area contributed by atoms with E-state index in [0.717, 1.165) is 0 Å². The van der Waals surface area contributed by atoms with E-state index in [-0.39, 0.29) is 16.9 Å². The fourth-order valence-electron chi connectivity index (χ4n) is 2.19. The zero-order valence-electron chi connectivity index (χ0n) is 12.4. The second-order valence-electron chi connectivity index (χ2n) is 5.91. The molecule has 2 rings (SSSR count). The van der Waals surface area contributed by atoms with Crippen LogP contribution in [0.2, 0.25) is 0 Å². The Bertz CT molecular complexity index is 672. The summed E-state index contributed by atoms with van der Waals surface area (Å²) < 4.78 is 13.7. The highest BCUT2D eigenvalue weighted by molar-refractivity contribution is 6.04. The van der Waals surface area contributed by atoms with E-state index in [2.05, 4.69) is 9.97 Å². The molecular formula is C15H19FN4O. The maximum absolute atomic E-state index is 13.7. The Balaban J connectivity index is 2.39. The largest absolute Gasteiger partial charge is 0.341 e. The summed E-state index contributed by atoms with van der Waals surface area (Å²) in [5, 5.41) is 0. The molecule has 2 N–H and O–H groups in total. The van der Waals surface area contributed by atoms with Crippen molar-refractivity contribution in [1.82, 2.24) is 14.9 Å². The topological polar surface area (TPSA) is 72.1 Å². The van der Waals surface area contributed by atoms with Gasteiger partial charge in [-0.2, -0.15) is 0 Å². The molecule has 112 valence electrons. The number of halogens is 1. The summed E-state index contributed by atoms with van der Waals surface area (Å²) in [7, 11) is 1.67. The minimum atomic E-state index is -0.502. The summed E-state index contributed by atoms with van der Waals surface area (Å²) >= 11 is 0. The van der Waals surface area contributed by atoms with Crippen molar-refractivity contribution >= 4 is 16.9 Å². The Hall–Kier alpha value is -2.08. The quantitative estimate of drug-likeness (QED) is 0.932. The lowest BCUT2D eigenvalue weighted by molar-refractivity contribution is 0.0742. The second-order valence-corrected chi connectivity index (χ2v) is 5.91. The number of aromatic nitrogens is 2. The molecule has 5 nitrogen and oxygen atoms in total. The van der Waals surface area contributed by atoms with Crippen LogP contribution >= 0.6 is 0 Å². The molecule has 6 heteroatoms. The Morgan fingerprint density at radius 1 is 1.33 bits per heavy atom. The van der Waals surface area contributed by atoms with Gasteiger partial charge in [0.2, 0.25) is 0 Å². The van der Waals surface area contributed by atoms with Crippen LogP contribution in [0.4, 0.5) is 4.39 Å². The highest BCUT2D eigenvalue weighted by atomic mass is 19.1. The van der Waals surface area contributed by atoms with Crippen molar-refractivity contribution in [2.45, 2.75) is 13.8 Å². The predicted octanol–water partition coefficient (Wildman–Crippen LogP) is 1.83. The Morgan fingerprint density at radius 2 is 2.00 bits per heavy atom. The molecule has 2 aromatic rings. The zero-order chi connectivity index (χ0) is 15.6. The Kier molecular flexibility index (Phi) is 4.18. The highest BCUT2D eigenvalue weighted by Gasteiger charge is 2.24. The number of benzene rings is 1. The molecule has 0 unspecified atom stereocenters. The van der Waals surface area contributed by atoms with Gasteiger partial charge in [0.1, 0.15) is 11.3 Å². The van der Waals surface area contributed by atoms with Gasteiger partial charge in [-0.3, -0.25) is 14.8 Å². The SMILES string of the molecule is CN(CC(C)(C)CN)C(=O)c1cc(F)cc2nccnc12. The first kappa shape index (κ1) is 15.3. The lowest BCUT2D eigenvalue weighted by Crippen LogP contribution is -2.39. The summed E-state index contributed by atoms with van der Waals surface area (Å²) in [6.07, 6.45) is 2.96. The number of nitrogens with zero attached hydrogens (tertiary/aromatic N) is 3. The van der Waals surface area contributed by atoms with Crippen molar-refractivity contribution in [3.05, 3.63) is 35.9 Å². The van der Waals surface area contributed by atoms with Crippen LogP contribution in [0.25, 0.3) is 11.0 Å². The Morgan fingerprint density at radius 3 is 2.67 bits per heavy atom. The molecule has 0 radical (unpaired) electrons. The molecule has 21 heavy (non-hydrogen) atoms. The normalized spacial score (nSPS) is 11.7. The van der Waals surface area contributed by atoms with E-state index in [4.69, 9.17) is 5.73 Å². The van der Waals surface area contributed by atoms with E-state index in [1.54, 1.807) is 7.05 Å². The van der Waals surface area contributed by atoms with Crippen LogP contribution in [0.5, 0.6) is 0 Å². The van der Waals surface area contributed by atoms with E-state index in [1.165, 1.54) is 29.4 Å². The van der Waals surface area contributed by atoms with E-state index < -0.39 is 5.82 Å². The first-order chi connectivity index (χ1) is 9.84. The zero-order valence-corrected chi connectivity index (χ0v) is 12.4. The standard InChI is InChI=1S/C15H19FN4O/c1-15(2,8-17)9-20(3)14(21)11-6-10(16)7-12-13(11)19-5-4-18-12/h4-7H,8-9,17H2,1-3H3. The van der Waals surface area contributed by atoms with Crippen LogP contribution in [0.3, 0.4) is 0 Å². The molecule has 0 aliphatic carbocycles. The predicted molar refractivity (Wildman–Crippen MR) is 79.3 cm³/mol. The van der Waals surface area contributed by atoms with Gasteiger partial charge in [-0.15, -0.1) is 0 Å². The van der Waals surface area contributed by atoms with Crippen molar-refractivity contribution in [1.29, 1.82) is 0 Å². The molecular weight excluding hydrogens is 271 g/mol. The van der Waals surface area contributed by atoms with Gasteiger partial charge in [0.25, 0.3) is 5.91 Å². The van der Waals surface area contributed by atoms with E-state index in [9.17, 15) is 9.18 Å². The van der Waals surface area contributed by atoms with Gasteiger partial charge in [-0.05, 0) is 18.0 Å². The molecule has 0 aliphatic heterocycles. The average molecular weight is 290 g/mol. The van der Waals surface area contributed by atoms with Crippen LogP contribution in [-0.2, 0) is 0 Å². The summed E-state index contributed by atoms with van der Waals surface area (Å²) in [6, 6.07) is 2.47. The minimum absolute atomic E-state index is 0.209. The Labute approximate surface area is 123 Å². The fraction of sp³-hybridized carbons (Fsp3) is 0.400. The van der Waals surface area contributed by atoms with Crippen LogP contribution < -0.4 is 5.73 Å². The molecule has 1 amide bonds. The lowest BCUT2D eigenvalue weighted by atomic mass is 9.93. The molecule has 0 aliphatic rings. The van der Waals surface area contributed by atoms with Crippen LogP contribution in [-0.4, -0.2) is 40.9 Å². The number of fused-ring (bicyclic) bond motifs is 1. The van der Waals surface area contributed by atoms with Gasteiger partial charge in [0, 0.05) is 32.1 Å². The van der Waals surface area contributed by atoms with Crippen molar-refractivity contribution in [2.75, 3.05) is 20.1 Å². The summed E-state index contributed by atoms with van der Waals surface area (Å²) in [5.74, 6) is -0.792. The summed E-state index contributed by atoms with van der Waals surface area (Å²) in [5.41, 5.74) is 6.47. The third kappa shape index (κ3) is 3.33. The van der Waals surface area contributed by atoms with Gasteiger partial charge in [-0.1, -0.05) is 13.8 Å². The van der Waals surface area contributed by atoms with Gasteiger partial charge >= 0.3 is 0 Å². The molecule has 1 heterocycles.